The monoisotopic (exact) mass is 254 g/mol. The number of thiophene rings is 1. The maximum absolute atomic E-state index is 2.35. The second kappa shape index (κ2) is 5.11. The van der Waals surface area contributed by atoms with E-state index in [1.165, 1.54) is 30.4 Å². The van der Waals surface area contributed by atoms with E-state index in [9.17, 15) is 0 Å². The molecule has 1 heterocycles. The fourth-order valence-corrected chi connectivity index (χ4v) is 3.72. The highest BCUT2D eigenvalue weighted by Gasteiger charge is 2.21. The fourth-order valence-electron chi connectivity index (χ4n) is 2.67. The summed E-state index contributed by atoms with van der Waals surface area (Å²) >= 11 is 1.91. The summed E-state index contributed by atoms with van der Waals surface area (Å²) in [6.07, 6.45) is 8.41. The zero-order valence-electron chi connectivity index (χ0n) is 10.7. The van der Waals surface area contributed by atoms with Crippen LogP contribution in [0.25, 0.3) is 6.08 Å². The molecule has 3 rings (SSSR count). The summed E-state index contributed by atoms with van der Waals surface area (Å²) < 4.78 is 0. The molecule has 0 amide bonds. The zero-order chi connectivity index (χ0) is 12.4. The van der Waals surface area contributed by atoms with Gasteiger partial charge in [0.25, 0.3) is 0 Å². The molecule has 1 heteroatoms. The SMILES string of the molecule is CCCCc1ccsc1C1C=Cc2ccccc21. The van der Waals surface area contributed by atoms with E-state index >= 15 is 0 Å². The predicted molar refractivity (Wildman–Crippen MR) is 80.3 cm³/mol. The average Bonchev–Trinajstić information content (AvgIpc) is 3.02. The lowest BCUT2D eigenvalue weighted by molar-refractivity contribution is 0.789. The molecule has 1 aromatic carbocycles. The number of unbranched alkanes of at least 4 members (excludes halogenated alkanes) is 1. The molecule has 0 bridgehead atoms. The van der Waals surface area contributed by atoms with Crippen molar-refractivity contribution < 1.29 is 0 Å². The second-order valence-corrected chi connectivity index (χ2v) is 5.83. The molecule has 2 aromatic rings. The van der Waals surface area contributed by atoms with E-state index in [2.05, 4.69) is 54.8 Å². The maximum atomic E-state index is 2.35. The van der Waals surface area contributed by atoms with Crippen LogP contribution in [0, 0.1) is 0 Å². The molecule has 1 aromatic heterocycles. The van der Waals surface area contributed by atoms with Crippen LogP contribution in [-0.2, 0) is 6.42 Å². The van der Waals surface area contributed by atoms with E-state index in [0.717, 1.165) is 0 Å². The molecule has 1 atom stereocenters. The van der Waals surface area contributed by atoms with Crippen molar-refractivity contribution in [1.82, 2.24) is 0 Å². The quantitative estimate of drug-likeness (QED) is 0.699. The van der Waals surface area contributed by atoms with Gasteiger partial charge in [-0.15, -0.1) is 11.3 Å². The minimum atomic E-state index is 0.494. The van der Waals surface area contributed by atoms with Crippen LogP contribution in [0.4, 0.5) is 0 Å². The van der Waals surface area contributed by atoms with Gasteiger partial charge in [-0.2, -0.15) is 0 Å². The minimum absolute atomic E-state index is 0.494. The largest absolute Gasteiger partial charge is 0.148 e. The number of rotatable bonds is 4. The second-order valence-electron chi connectivity index (χ2n) is 4.88. The van der Waals surface area contributed by atoms with Gasteiger partial charge in [0.2, 0.25) is 0 Å². The molecule has 1 aliphatic carbocycles. The van der Waals surface area contributed by atoms with Crippen LogP contribution in [0.2, 0.25) is 0 Å². The molecule has 0 N–H and O–H groups in total. The molecule has 0 fully saturated rings. The van der Waals surface area contributed by atoms with Gasteiger partial charge in [-0.3, -0.25) is 0 Å². The van der Waals surface area contributed by atoms with Crippen LogP contribution in [0.5, 0.6) is 0 Å². The lowest BCUT2D eigenvalue weighted by Crippen LogP contribution is -1.97. The first-order valence-corrected chi connectivity index (χ1v) is 7.61. The van der Waals surface area contributed by atoms with Crippen molar-refractivity contribution in [2.45, 2.75) is 32.1 Å². The maximum Gasteiger partial charge on any atom is 0.0375 e. The van der Waals surface area contributed by atoms with Gasteiger partial charge in [0.1, 0.15) is 0 Å². The molecule has 92 valence electrons. The first-order valence-electron chi connectivity index (χ1n) is 6.73. The molecule has 18 heavy (non-hydrogen) atoms. The molecule has 0 saturated carbocycles. The van der Waals surface area contributed by atoms with Gasteiger partial charge >= 0.3 is 0 Å². The minimum Gasteiger partial charge on any atom is -0.148 e. The van der Waals surface area contributed by atoms with Gasteiger partial charge in [0.15, 0.2) is 0 Å². The van der Waals surface area contributed by atoms with Gasteiger partial charge in [0, 0.05) is 10.8 Å². The lowest BCUT2D eigenvalue weighted by atomic mass is 9.95. The summed E-state index contributed by atoms with van der Waals surface area (Å²) in [6, 6.07) is 11.1. The van der Waals surface area contributed by atoms with Crippen molar-refractivity contribution in [3.8, 4) is 0 Å². The third kappa shape index (κ3) is 2.04. The van der Waals surface area contributed by atoms with Crippen molar-refractivity contribution in [2.24, 2.45) is 0 Å². The molecule has 0 saturated heterocycles. The van der Waals surface area contributed by atoms with E-state index in [-0.39, 0.29) is 0 Å². The van der Waals surface area contributed by atoms with Gasteiger partial charge in [0.05, 0.1) is 0 Å². The summed E-state index contributed by atoms with van der Waals surface area (Å²) in [5.74, 6) is 0.494. The molecule has 0 aliphatic heterocycles. The topological polar surface area (TPSA) is 0 Å². The van der Waals surface area contributed by atoms with Crippen LogP contribution in [0.3, 0.4) is 0 Å². The third-order valence-corrected chi connectivity index (χ3v) is 4.70. The van der Waals surface area contributed by atoms with Crippen molar-refractivity contribution in [2.75, 3.05) is 0 Å². The Hall–Kier alpha value is -1.34. The Labute approximate surface area is 113 Å². The highest BCUT2D eigenvalue weighted by Crippen LogP contribution is 2.39. The predicted octanol–water partition coefficient (Wildman–Crippen LogP) is 5.25. The Morgan fingerprint density at radius 3 is 2.94 bits per heavy atom. The van der Waals surface area contributed by atoms with Crippen LogP contribution in [-0.4, -0.2) is 0 Å². The molecule has 1 aliphatic rings. The summed E-state index contributed by atoms with van der Waals surface area (Å²) in [6.45, 7) is 2.26. The lowest BCUT2D eigenvalue weighted by Gasteiger charge is -2.12. The van der Waals surface area contributed by atoms with Crippen molar-refractivity contribution in [3.05, 3.63) is 63.4 Å². The average molecular weight is 254 g/mol. The molecular formula is C17H18S. The fraction of sp³-hybridized carbons (Fsp3) is 0.294. The van der Waals surface area contributed by atoms with Gasteiger partial charge < -0.3 is 0 Å². The third-order valence-electron chi connectivity index (χ3n) is 3.66. The Morgan fingerprint density at radius 2 is 2.06 bits per heavy atom. The summed E-state index contributed by atoms with van der Waals surface area (Å²) in [5, 5.41) is 2.25. The molecular weight excluding hydrogens is 236 g/mol. The van der Waals surface area contributed by atoms with Crippen molar-refractivity contribution >= 4 is 17.4 Å². The number of aryl methyl sites for hydroxylation is 1. The first kappa shape index (κ1) is 11.7. The van der Waals surface area contributed by atoms with Crippen LogP contribution in [0.1, 0.15) is 47.3 Å². The number of hydrogen-bond acceptors (Lipinski definition) is 1. The van der Waals surface area contributed by atoms with E-state index in [4.69, 9.17) is 0 Å². The van der Waals surface area contributed by atoms with Crippen LogP contribution in [0.15, 0.2) is 41.8 Å². The standard InChI is InChI=1S/C17H18S/c1-2-3-6-14-11-12-18-17(14)16-10-9-13-7-4-5-8-15(13)16/h4-5,7-12,16H,2-3,6H2,1H3. The summed E-state index contributed by atoms with van der Waals surface area (Å²) in [7, 11) is 0. The van der Waals surface area contributed by atoms with E-state index in [1.807, 2.05) is 11.3 Å². The van der Waals surface area contributed by atoms with Gasteiger partial charge in [-0.1, -0.05) is 49.8 Å². The van der Waals surface area contributed by atoms with E-state index in [0.29, 0.717) is 5.92 Å². The molecule has 0 spiro atoms. The number of fused-ring (bicyclic) bond motifs is 1. The highest BCUT2D eigenvalue weighted by molar-refractivity contribution is 7.10. The molecule has 1 unspecified atom stereocenters. The van der Waals surface area contributed by atoms with Gasteiger partial charge in [-0.25, -0.2) is 0 Å². The van der Waals surface area contributed by atoms with Crippen LogP contribution >= 0.6 is 11.3 Å². The van der Waals surface area contributed by atoms with Gasteiger partial charge in [-0.05, 0) is 41.0 Å². The highest BCUT2D eigenvalue weighted by atomic mass is 32.1. The van der Waals surface area contributed by atoms with Crippen molar-refractivity contribution in [1.29, 1.82) is 0 Å². The normalized spacial score (nSPS) is 17.1. The Morgan fingerprint density at radius 1 is 1.17 bits per heavy atom. The van der Waals surface area contributed by atoms with Crippen molar-refractivity contribution in [3.63, 3.8) is 0 Å². The molecule has 0 radical (unpaired) electrons. The Bertz CT molecular complexity index is 562. The number of allylic oxidation sites excluding steroid dienone is 1. The Kier molecular flexibility index (Phi) is 3.33. The zero-order valence-corrected chi connectivity index (χ0v) is 11.5. The number of hydrogen-bond donors (Lipinski definition) is 0. The molecule has 0 nitrogen and oxygen atoms in total. The Balaban J connectivity index is 1.93. The smallest absolute Gasteiger partial charge is 0.0375 e. The summed E-state index contributed by atoms with van der Waals surface area (Å²) in [5.41, 5.74) is 4.41. The summed E-state index contributed by atoms with van der Waals surface area (Å²) in [4.78, 5) is 1.55. The van der Waals surface area contributed by atoms with Crippen LogP contribution < -0.4 is 0 Å². The number of benzene rings is 1. The first-order chi connectivity index (χ1) is 8.90. The van der Waals surface area contributed by atoms with E-state index < -0.39 is 0 Å². The van der Waals surface area contributed by atoms with E-state index in [1.54, 1.807) is 10.4 Å².